The Morgan fingerprint density at radius 1 is 1.20 bits per heavy atom. The van der Waals surface area contributed by atoms with E-state index in [2.05, 4.69) is 28.9 Å². The van der Waals surface area contributed by atoms with Crippen LogP contribution in [0.15, 0.2) is 41.3 Å². The molecule has 3 aromatic rings. The predicted molar refractivity (Wildman–Crippen MR) is 134 cm³/mol. The van der Waals surface area contributed by atoms with Crippen molar-refractivity contribution in [2.75, 3.05) is 31.5 Å². The Hall–Kier alpha value is -3.82. The van der Waals surface area contributed by atoms with E-state index in [1.165, 1.54) is 5.56 Å². The van der Waals surface area contributed by atoms with E-state index in [1.807, 2.05) is 16.7 Å². The smallest absolute Gasteiger partial charge is 0.317 e. The van der Waals surface area contributed by atoms with Crippen LogP contribution in [-0.2, 0) is 30.7 Å². The summed E-state index contributed by atoms with van der Waals surface area (Å²) in [4.78, 5) is 43.4. The van der Waals surface area contributed by atoms with Gasteiger partial charge in [-0.3, -0.25) is 9.59 Å². The number of nitrogens with zero attached hydrogens (tertiary/aromatic N) is 4. The number of hydrogen-bond acceptors (Lipinski definition) is 5. The fourth-order valence-corrected chi connectivity index (χ4v) is 4.87. The lowest BCUT2D eigenvalue weighted by molar-refractivity contribution is -0.121. The Labute approximate surface area is 203 Å². The summed E-state index contributed by atoms with van der Waals surface area (Å²) in [6, 6.07) is 9.51. The molecule has 3 amide bonds. The summed E-state index contributed by atoms with van der Waals surface area (Å²) in [5.74, 6) is 0.642. The summed E-state index contributed by atoms with van der Waals surface area (Å²) in [5, 5.41) is 9.23. The van der Waals surface area contributed by atoms with Crippen LogP contribution in [0.25, 0.3) is 11.0 Å². The fraction of sp³-hybridized carbons (Fsp3) is 0.440. The molecule has 0 spiro atoms. The van der Waals surface area contributed by atoms with Crippen molar-refractivity contribution < 1.29 is 9.59 Å². The van der Waals surface area contributed by atoms with Crippen LogP contribution in [-0.4, -0.2) is 63.2 Å². The maximum Gasteiger partial charge on any atom is 0.317 e. The maximum absolute atomic E-state index is 12.9. The highest BCUT2D eigenvalue weighted by Gasteiger charge is 2.22. The number of imidazole rings is 1. The number of rotatable bonds is 8. The van der Waals surface area contributed by atoms with Crippen LogP contribution in [0.1, 0.15) is 24.7 Å². The molecule has 5 rings (SSSR count). The summed E-state index contributed by atoms with van der Waals surface area (Å²) in [6.45, 7) is 4.94. The van der Waals surface area contributed by atoms with E-state index in [1.54, 1.807) is 27.8 Å². The van der Waals surface area contributed by atoms with E-state index < -0.39 is 0 Å². The number of amides is 3. The molecule has 0 saturated carbocycles. The number of nitrogens with one attached hydrogen (secondary N) is 3. The third-order valence-corrected chi connectivity index (χ3v) is 6.76. The molecule has 10 heteroatoms. The van der Waals surface area contributed by atoms with Gasteiger partial charge < -0.3 is 30.0 Å². The fourth-order valence-electron chi connectivity index (χ4n) is 4.87. The summed E-state index contributed by atoms with van der Waals surface area (Å²) in [7, 11) is 0. The number of benzene rings is 1. The quantitative estimate of drug-likeness (QED) is 0.453. The van der Waals surface area contributed by atoms with Crippen molar-refractivity contribution in [2.24, 2.45) is 0 Å². The molecule has 1 atom stereocenters. The lowest BCUT2D eigenvalue weighted by Gasteiger charge is -2.24. The van der Waals surface area contributed by atoms with Crippen LogP contribution in [0, 0.1) is 0 Å². The number of carbonyl (C=O) groups is 2. The van der Waals surface area contributed by atoms with Crippen molar-refractivity contribution in [2.45, 2.75) is 45.3 Å². The van der Waals surface area contributed by atoms with E-state index in [0.717, 1.165) is 35.4 Å². The zero-order valence-electron chi connectivity index (χ0n) is 19.9. The highest BCUT2D eigenvalue weighted by atomic mass is 16.2. The number of hydrogen-bond donors (Lipinski definition) is 3. The SMILES string of the molecule is C[C@H]1CCc2c(ccc3c2nc(CCn2ccccc2=O)n3CC(=O)NCCN2CCNC2=O)N1. The van der Waals surface area contributed by atoms with Gasteiger partial charge in [0.2, 0.25) is 5.91 Å². The number of urea groups is 1. The minimum Gasteiger partial charge on any atom is -0.382 e. The Bertz CT molecular complexity index is 1310. The highest BCUT2D eigenvalue weighted by molar-refractivity contribution is 5.87. The molecular weight excluding hydrogens is 446 g/mol. The van der Waals surface area contributed by atoms with Gasteiger partial charge in [0.05, 0.1) is 11.0 Å². The molecule has 1 saturated heterocycles. The van der Waals surface area contributed by atoms with Gasteiger partial charge in [-0.25, -0.2) is 9.78 Å². The molecule has 35 heavy (non-hydrogen) atoms. The van der Waals surface area contributed by atoms with Gasteiger partial charge in [0.1, 0.15) is 12.4 Å². The highest BCUT2D eigenvalue weighted by Crippen LogP contribution is 2.32. The Morgan fingerprint density at radius 3 is 2.89 bits per heavy atom. The molecule has 0 unspecified atom stereocenters. The van der Waals surface area contributed by atoms with Gasteiger partial charge in [-0.15, -0.1) is 0 Å². The Kier molecular flexibility index (Phi) is 6.43. The van der Waals surface area contributed by atoms with E-state index in [4.69, 9.17) is 4.98 Å². The number of anilines is 1. The lowest BCUT2D eigenvalue weighted by Crippen LogP contribution is -2.38. The second kappa shape index (κ2) is 9.81. The number of aromatic nitrogens is 3. The summed E-state index contributed by atoms with van der Waals surface area (Å²) in [6.07, 6.45) is 4.25. The van der Waals surface area contributed by atoms with Gasteiger partial charge in [-0.05, 0) is 38.0 Å². The topological polar surface area (TPSA) is 113 Å². The molecule has 2 aromatic heterocycles. The van der Waals surface area contributed by atoms with Gasteiger partial charge in [-0.1, -0.05) is 6.07 Å². The van der Waals surface area contributed by atoms with Gasteiger partial charge in [0, 0.05) is 68.7 Å². The minimum absolute atomic E-state index is 0.0607. The van der Waals surface area contributed by atoms with Crippen LogP contribution in [0.2, 0.25) is 0 Å². The summed E-state index contributed by atoms with van der Waals surface area (Å²) in [5.41, 5.74) is 4.05. The van der Waals surface area contributed by atoms with Crippen molar-refractivity contribution in [1.82, 2.24) is 29.7 Å². The number of carbonyl (C=O) groups excluding carboxylic acids is 2. The van der Waals surface area contributed by atoms with Gasteiger partial charge in [-0.2, -0.15) is 0 Å². The predicted octanol–water partition coefficient (Wildman–Crippen LogP) is 1.33. The van der Waals surface area contributed by atoms with Crippen LogP contribution >= 0.6 is 0 Å². The maximum atomic E-state index is 12.9. The molecule has 10 nitrogen and oxygen atoms in total. The summed E-state index contributed by atoms with van der Waals surface area (Å²) < 4.78 is 3.61. The van der Waals surface area contributed by atoms with E-state index in [9.17, 15) is 14.4 Å². The van der Waals surface area contributed by atoms with Crippen LogP contribution in [0.4, 0.5) is 10.5 Å². The number of aryl methyl sites for hydroxylation is 3. The first-order valence-electron chi connectivity index (χ1n) is 12.2. The molecule has 2 aliphatic rings. The van der Waals surface area contributed by atoms with Crippen molar-refractivity contribution in [3.05, 3.63) is 58.3 Å². The largest absolute Gasteiger partial charge is 0.382 e. The number of pyridine rings is 1. The first-order valence-corrected chi connectivity index (χ1v) is 12.2. The molecule has 1 fully saturated rings. The van der Waals surface area contributed by atoms with E-state index in [0.29, 0.717) is 45.2 Å². The normalized spacial score (nSPS) is 17.2. The molecule has 0 bridgehead atoms. The zero-order chi connectivity index (χ0) is 24.4. The summed E-state index contributed by atoms with van der Waals surface area (Å²) >= 11 is 0. The first kappa shape index (κ1) is 22.9. The van der Waals surface area contributed by atoms with Crippen molar-refractivity contribution in [1.29, 1.82) is 0 Å². The van der Waals surface area contributed by atoms with Crippen molar-refractivity contribution in [3.8, 4) is 0 Å². The molecule has 0 radical (unpaired) electrons. The first-order chi connectivity index (χ1) is 17.0. The minimum atomic E-state index is -0.133. The molecule has 3 N–H and O–H groups in total. The molecule has 4 heterocycles. The van der Waals surface area contributed by atoms with E-state index in [-0.39, 0.29) is 24.0 Å². The molecular formula is C25H31N7O3. The second-order valence-electron chi connectivity index (χ2n) is 9.21. The zero-order valence-corrected chi connectivity index (χ0v) is 19.9. The Balaban J connectivity index is 1.38. The average Bonchev–Trinajstić information content (AvgIpc) is 3.41. The van der Waals surface area contributed by atoms with Crippen molar-refractivity contribution >= 4 is 28.7 Å². The van der Waals surface area contributed by atoms with Crippen LogP contribution in [0.5, 0.6) is 0 Å². The monoisotopic (exact) mass is 477 g/mol. The lowest BCUT2D eigenvalue weighted by atomic mass is 9.98. The number of fused-ring (bicyclic) bond motifs is 3. The molecule has 2 aliphatic heterocycles. The molecule has 0 aliphatic carbocycles. The second-order valence-corrected chi connectivity index (χ2v) is 9.21. The Morgan fingerprint density at radius 2 is 2.09 bits per heavy atom. The van der Waals surface area contributed by atoms with Crippen molar-refractivity contribution in [3.63, 3.8) is 0 Å². The van der Waals surface area contributed by atoms with Gasteiger partial charge in [0.25, 0.3) is 5.56 Å². The van der Waals surface area contributed by atoms with Crippen LogP contribution in [0.3, 0.4) is 0 Å². The third kappa shape index (κ3) is 4.87. The van der Waals surface area contributed by atoms with Gasteiger partial charge >= 0.3 is 6.03 Å². The standard InChI is InChI=1S/C25H31N7O3/c1-17-5-6-18-19(28-17)7-8-20-24(18)29-21(9-13-30-12-3-2-4-23(30)34)32(20)16-22(33)26-10-14-31-15-11-27-25(31)35/h2-4,7-8,12,17,28H,5-6,9-11,13-16H2,1H3,(H,26,33)(H,27,35)/t17-/m0/s1. The molecule has 184 valence electrons. The van der Waals surface area contributed by atoms with Crippen LogP contribution < -0.4 is 21.5 Å². The third-order valence-electron chi connectivity index (χ3n) is 6.76. The van der Waals surface area contributed by atoms with Gasteiger partial charge in [0.15, 0.2) is 0 Å². The van der Waals surface area contributed by atoms with E-state index >= 15 is 0 Å². The average molecular weight is 478 g/mol. The molecule has 1 aromatic carbocycles.